The summed E-state index contributed by atoms with van der Waals surface area (Å²) < 4.78 is 9.98. The minimum Gasteiger partial charge on any atom is -0.467 e. The van der Waals surface area contributed by atoms with E-state index in [9.17, 15) is 9.59 Å². The van der Waals surface area contributed by atoms with Crippen LogP contribution in [0.1, 0.15) is 26.7 Å². The van der Waals surface area contributed by atoms with Crippen molar-refractivity contribution in [1.29, 1.82) is 0 Å². The number of carbonyl (C=O) groups is 2. The minimum atomic E-state index is -0.957. The summed E-state index contributed by atoms with van der Waals surface area (Å²) in [6, 6.07) is 0.0116. The third-order valence-corrected chi connectivity index (χ3v) is 3.19. The van der Waals surface area contributed by atoms with Crippen LogP contribution in [0, 0.1) is 0 Å². The van der Waals surface area contributed by atoms with Crippen LogP contribution in [-0.4, -0.2) is 50.3 Å². The van der Waals surface area contributed by atoms with Crippen molar-refractivity contribution >= 4 is 24.3 Å². The predicted molar refractivity (Wildman–Crippen MR) is 73.3 cm³/mol. The van der Waals surface area contributed by atoms with Crippen LogP contribution in [0.4, 0.5) is 0 Å². The largest absolute Gasteiger partial charge is 0.467 e. The topological polar surface area (TPSA) is 76.7 Å². The zero-order valence-electron chi connectivity index (χ0n) is 11.7. The number of nitrogens with one attached hydrogen (secondary N) is 2. The number of rotatable bonds is 5. The first-order valence-electron chi connectivity index (χ1n) is 6.22. The van der Waals surface area contributed by atoms with E-state index < -0.39 is 11.5 Å². The van der Waals surface area contributed by atoms with Crippen LogP contribution in [-0.2, 0) is 19.1 Å². The molecule has 2 atom stereocenters. The fraction of sp³-hybridized carbons (Fsp3) is 0.833. The molecule has 0 bridgehead atoms. The number of methoxy groups -OCH3 is 1. The Hall–Kier alpha value is -0.850. The summed E-state index contributed by atoms with van der Waals surface area (Å²) in [5, 5.41) is 5.93. The zero-order valence-corrected chi connectivity index (χ0v) is 12.5. The second-order valence-electron chi connectivity index (χ2n) is 4.66. The van der Waals surface area contributed by atoms with Crippen LogP contribution in [0.5, 0.6) is 0 Å². The van der Waals surface area contributed by atoms with E-state index in [0.29, 0.717) is 26.1 Å². The highest BCUT2D eigenvalue weighted by Gasteiger charge is 2.34. The summed E-state index contributed by atoms with van der Waals surface area (Å²) in [7, 11) is 1.32. The van der Waals surface area contributed by atoms with Gasteiger partial charge in [-0.25, -0.2) is 4.79 Å². The van der Waals surface area contributed by atoms with Crippen molar-refractivity contribution in [2.75, 3.05) is 26.9 Å². The average Bonchev–Trinajstić information content (AvgIpc) is 2.38. The lowest BCUT2D eigenvalue weighted by Gasteiger charge is -2.28. The van der Waals surface area contributed by atoms with Gasteiger partial charge in [0.2, 0.25) is 5.91 Å². The highest BCUT2D eigenvalue weighted by molar-refractivity contribution is 5.87. The molecule has 1 aliphatic rings. The molecule has 1 heterocycles. The van der Waals surface area contributed by atoms with Gasteiger partial charge in [-0.3, -0.25) is 4.79 Å². The maximum absolute atomic E-state index is 11.9. The molecule has 7 heteroatoms. The Bertz CT molecular complexity index is 308. The van der Waals surface area contributed by atoms with E-state index in [1.54, 1.807) is 6.92 Å². The molecule has 2 unspecified atom stereocenters. The zero-order chi connectivity index (χ0) is 13.6. The van der Waals surface area contributed by atoms with E-state index >= 15 is 0 Å². The lowest BCUT2D eigenvalue weighted by molar-refractivity contribution is -0.150. The molecule has 1 aliphatic heterocycles. The highest BCUT2D eigenvalue weighted by Crippen LogP contribution is 2.12. The van der Waals surface area contributed by atoms with E-state index in [-0.39, 0.29) is 24.4 Å². The molecule has 0 aliphatic carbocycles. The molecule has 19 heavy (non-hydrogen) atoms. The van der Waals surface area contributed by atoms with Gasteiger partial charge in [0.15, 0.2) is 0 Å². The molecule has 1 fully saturated rings. The highest BCUT2D eigenvalue weighted by atomic mass is 35.5. The lowest BCUT2D eigenvalue weighted by Crippen LogP contribution is -2.54. The van der Waals surface area contributed by atoms with Gasteiger partial charge in [-0.05, 0) is 13.3 Å². The van der Waals surface area contributed by atoms with Crippen molar-refractivity contribution in [1.82, 2.24) is 10.6 Å². The standard InChI is InChI=1S/C12H22N2O4.ClH/c1-4-12(2,11(16)17-3)14-10(15)7-9-8-18-6-5-13-9;/h9,13H,4-8H2,1-3H3,(H,14,15);1H. The smallest absolute Gasteiger partial charge is 0.331 e. The van der Waals surface area contributed by atoms with E-state index in [1.807, 2.05) is 6.92 Å². The van der Waals surface area contributed by atoms with E-state index in [4.69, 9.17) is 9.47 Å². The van der Waals surface area contributed by atoms with Gasteiger partial charge in [-0.2, -0.15) is 0 Å². The third kappa shape index (κ3) is 5.34. The first-order valence-corrected chi connectivity index (χ1v) is 6.22. The maximum atomic E-state index is 11.9. The molecule has 0 aromatic rings. The normalized spacial score (nSPS) is 21.7. The van der Waals surface area contributed by atoms with Crippen molar-refractivity contribution < 1.29 is 19.1 Å². The van der Waals surface area contributed by atoms with Gasteiger partial charge < -0.3 is 20.1 Å². The van der Waals surface area contributed by atoms with Crippen molar-refractivity contribution in [3.63, 3.8) is 0 Å². The van der Waals surface area contributed by atoms with Crippen LogP contribution < -0.4 is 10.6 Å². The molecule has 1 amide bonds. The Morgan fingerprint density at radius 2 is 2.21 bits per heavy atom. The summed E-state index contributed by atoms with van der Waals surface area (Å²) in [4.78, 5) is 23.5. The molecule has 1 rings (SSSR count). The van der Waals surface area contributed by atoms with Gasteiger partial charge in [0.1, 0.15) is 5.54 Å². The molecule has 0 spiro atoms. The molecule has 6 nitrogen and oxygen atoms in total. The van der Waals surface area contributed by atoms with Crippen LogP contribution >= 0.6 is 12.4 Å². The SMILES string of the molecule is CCC(C)(NC(=O)CC1COCCN1)C(=O)OC.Cl. The summed E-state index contributed by atoms with van der Waals surface area (Å²) in [6.07, 6.45) is 0.784. The average molecular weight is 295 g/mol. The van der Waals surface area contributed by atoms with Gasteiger partial charge in [-0.1, -0.05) is 6.92 Å². The molecule has 2 N–H and O–H groups in total. The number of halogens is 1. The van der Waals surface area contributed by atoms with E-state index in [2.05, 4.69) is 10.6 Å². The van der Waals surface area contributed by atoms with Gasteiger partial charge in [0.05, 0.1) is 20.3 Å². The lowest BCUT2D eigenvalue weighted by atomic mass is 9.98. The molecule has 0 saturated carbocycles. The number of ether oxygens (including phenoxy) is 2. The maximum Gasteiger partial charge on any atom is 0.331 e. The van der Waals surface area contributed by atoms with Gasteiger partial charge in [-0.15, -0.1) is 12.4 Å². The molecular weight excluding hydrogens is 272 g/mol. The van der Waals surface area contributed by atoms with Gasteiger partial charge in [0.25, 0.3) is 0 Å². The third-order valence-electron chi connectivity index (χ3n) is 3.19. The van der Waals surface area contributed by atoms with E-state index in [0.717, 1.165) is 6.54 Å². The predicted octanol–water partition coefficient (Wildman–Crippen LogP) is 0.245. The van der Waals surface area contributed by atoms with Crippen molar-refractivity contribution in [3.8, 4) is 0 Å². The fourth-order valence-electron chi connectivity index (χ4n) is 1.84. The Balaban J connectivity index is 0.00000324. The van der Waals surface area contributed by atoms with Crippen molar-refractivity contribution in [3.05, 3.63) is 0 Å². The minimum absolute atomic E-state index is 0. The van der Waals surface area contributed by atoms with E-state index in [1.165, 1.54) is 7.11 Å². The number of esters is 1. The summed E-state index contributed by atoms with van der Waals surface area (Å²) >= 11 is 0. The summed E-state index contributed by atoms with van der Waals surface area (Å²) in [5.74, 6) is -0.598. The summed E-state index contributed by atoms with van der Waals surface area (Å²) in [6.45, 7) is 5.45. The summed E-state index contributed by atoms with van der Waals surface area (Å²) in [5.41, 5.74) is -0.957. The Kier molecular flexibility index (Phi) is 7.97. The number of hydrogen-bond donors (Lipinski definition) is 2. The first kappa shape index (κ1) is 18.1. The van der Waals surface area contributed by atoms with Gasteiger partial charge in [0, 0.05) is 19.0 Å². The van der Waals surface area contributed by atoms with Gasteiger partial charge >= 0.3 is 5.97 Å². The molecule has 0 radical (unpaired) electrons. The van der Waals surface area contributed by atoms with Crippen LogP contribution in [0.3, 0.4) is 0 Å². The molecule has 0 aromatic carbocycles. The Morgan fingerprint density at radius 1 is 1.53 bits per heavy atom. The van der Waals surface area contributed by atoms with Crippen molar-refractivity contribution in [2.45, 2.75) is 38.3 Å². The van der Waals surface area contributed by atoms with Crippen LogP contribution in [0.2, 0.25) is 0 Å². The van der Waals surface area contributed by atoms with Crippen LogP contribution in [0.25, 0.3) is 0 Å². The molecular formula is C12H23ClN2O4. The number of morpholine rings is 1. The molecule has 112 valence electrons. The molecule has 0 aromatic heterocycles. The number of carbonyl (C=O) groups excluding carboxylic acids is 2. The Morgan fingerprint density at radius 3 is 2.68 bits per heavy atom. The quantitative estimate of drug-likeness (QED) is 0.711. The second-order valence-corrected chi connectivity index (χ2v) is 4.66. The number of hydrogen-bond acceptors (Lipinski definition) is 5. The van der Waals surface area contributed by atoms with Crippen molar-refractivity contribution in [2.24, 2.45) is 0 Å². The van der Waals surface area contributed by atoms with Crippen LogP contribution in [0.15, 0.2) is 0 Å². The monoisotopic (exact) mass is 294 g/mol. The number of amides is 1. The second kappa shape index (κ2) is 8.35. The Labute approximate surface area is 120 Å². The first-order chi connectivity index (χ1) is 8.51. The molecule has 1 saturated heterocycles. The fourth-order valence-corrected chi connectivity index (χ4v) is 1.84.